The maximum Gasteiger partial charge on any atom is 0.270 e. The number of allylic oxidation sites excluding steroid dienone is 1. The number of rotatable bonds is 4. The molecular formula is C16H10BrClN2O3. The van der Waals surface area contributed by atoms with Gasteiger partial charge in [0, 0.05) is 12.1 Å². The molecule has 0 amide bonds. The van der Waals surface area contributed by atoms with E-state index in [1.807, 2.05) is 6.07 Å². The lowest BCUT2D eigenvalue weighted by Gasteiger charge is -2.07. The van der Waals surface area contributed by atoms with Crippen LogP contribution in [0.3, 0.4) is 0 Å². The van der Waals surface area contributed by atoms with Gasteiger partial charge in [0.2, 0.25) is 0 Å². The number of benzene rings is 2. The highest BCUT2D eigenvalue weighted by Crippen LogP contribution is 2.35. The standard InChI is InChI=1S/C16H10BrClN2O3/c1-23-16-14(17)6-10(7-15(16)18)5-12(9-19)11-3-2-4-13(8-11)20(21)22/h2-8H,1H3/b12-5-. The molecule has 0 heterocycles. The van der Waals surface area contributed by atoms with E-state index >= 15 is 0 Å². The van der Waals surface area contributed by atoms with E-state index in [-0.39, 0.29) is 5.69 Å². The van der Waals surface area contributed by atoms with Crippen LogP contribution in [-0.2, 0) is 0 Å². The Bertz CT molecular complexity index is 820. The minimum Gasteiger partial charge on any atom is -0.494 e. The van der Waals surface area contributed by atoms with E-state index in [1.54, 1.807) is 24.3 Å². The number of nitro groups is 1. The largest absolute Gasteiger partial charge is 0.494 e. The van der Waals surface area contributed by atoms with Gasteiger partial charge in [0.25, 0.3) is 5.69 Å². The fourth-order valence-electron chi connectivity index (χ4n) is 1.99. The van der Waals surface area contributed by atoms with E-state index in [2.05, 4.69) is 15.9 Å². The summed E-state index contributed by atoms with van der Waals surface area (Å²) in [6.45, 7) is 0. The summed E-state index contributed by atoms with van der Waals surface area (Å²) in [6, 6.07) is 11.4. The van der Waals surface area contributed by atoms with Crippen molar-refractivity contribution in [3.05, 3.63) is 67.1 Å². The van der Waals surface area contributed by atoms with Gasteiger partial charge in [-0.2, -0.15) is 5.26 Å². The fraction of sp³-hybridized carbons (Fsp3) is 0.0625. The number of ether oxygens (including phenoxy) is 1. The van der Waals surface area contributed by atoms with Crippen LogP contribution in [0.25, 0.3) is 11.6 Å². The molecule has 0 fully saturated rings. The number of methoxy groups -OCH3 is 1. The molecule has 0 aliphatic heterocycles. The SMILES string of the molecule is COc1c(Cl)cc(/C=C(/C#N)c2cccc([N+](=O)[O-])c2)cc1Br. The first-order valence-electron chi connectivity index (χ1n) is 6.36. The second kappa shape index (κ2) is 7.27. The summed E-state index contributed by atoms with van der Waals surface area (Å²) in [5, 5.41) is 20.6. The topological polar surface area (TPSA) is 76.2 Å². The van der Waals surface area contributed by atoms with Crippen molar-refractivity contribution in [2.24, 2.45) is 0 Å². The molecule has 0 radical (unpaired) electrons. The number of nitriles is 1. The molecule has 0 saturated carbocycles. The molecule has 2 rings (SSSR count). The van der Waals surface area contributed by atoms with Crippen LogP contribution in [-0.4, -0.2) is 12.0 Å². The van der Waals surface area contributed by atoms with Gasteiger partial charge in [-0.25, -0.2) is 0 Å². The van der Waals surface area contributed by atoms with Crippen molar-refractivity contribution in [3.63, 3.8) is 0 Å². The lowest BCUT2D eigenvalue weighted by molar-refractivity contribution is -0.384. The third-order valence-corrected chi connectivity index (χ3v) is 3.89. The Balaban J connectivity index is 2.50. The molecular weight excluding hydrogens is 384 g/mol. The van der Waals surface area contributed by atoms with Crippen LogP contribution in [0.15, 0.2) is 40.9 Å². The van der Waals surface area contributed by atoms with Crippen LogP contribution in [0.2, 0.25) is 5.02 Å². The number of non-ortho nitro benzene ring substituents is 1. The molecule has 23 heavy (non-hydrogen) atoms. The van der Waals surface area contributed by atoms with Gasteiger partial charge in [0.05, 0.1) is 33.2 Å². The summed E-state index contributed by atoms with van der Waals surface area (Å²) in [6.07, 6.45) is 1.61. The first-order chi connectivity index (χ1) is 11.0. The average molecular weight is 394 g/mol. The first kappa shape index (κ1) is 17.0. The van der Waals surface area contributed by atoms with Crippen LogP contribution >= 0.6 is 27.5 Å². The van der Waals surface area contributed by atoms with Gasteiger partial charge in [0.1, 0.15) is 0 Å². The first-order valence-corrected chi connectivity index (χ1v) is 7.53. The zero-order valence-electron chi connectivity index (χ0n) is 11.9. The molecule has 0 atom stereocenters. The van der Waals surface area contributed by atoms with Gasteiger partial charge in [-0.15, -0.1) is 0 Å². The molecule has 2 aromatic rings. The van der Waals surface area contributed by atoms with Crippen LogP contribution in [0.4, 0.5) is 5.69 Å². The van der Waals surface area contributed by atoms with E-state index in [9.17, 15) is 15.4 Å². The van der Waals surface area contributed by atoms with Crippen LogP contribution in [0, 0.1) is 21.4 Å². The number of halogens is 2. The van der Waals surface area contributed by atoms with E-state index in [0.29, 0.717) is 31.9 Å². The van der Waals surface area contributed by atoms with Gasteiger partial charge in [-0.3, -0.25) is 10.1 Å². The maximum absolute atomic E-state index is 10.8. The predicted molar refractivity (Wildman–Crippen MR) is 92.3 cm³/mol. The van der Waals surface area contributed by atoms with Gasteiger partial charge >= 0.3 is 0 Å². The minimum absolute atomic E-state index is 0.0717. The van der Waals surface area contributed by atoms with Crippen molar-refractivity contribution >= 4 is 44.9 Å². The van der Waals surface area contributed by atoms with Gasteiger partial charge in [-0.1, -0.05) is 23.7 Å². The van der Waals surface area contributed by atoms with Crippen molar-refractivity contribution in [1.29, 1.82) is 5.26 Å². The Morgan fingerprint density at radius 1 is 1.43 bits per heavy atom. The van der Waals surface area contributed by atoms with Crippen LogP contribution in [0.1, 0.15) is 11.1 Å². The molecule has 7 heteroatoms. The van der Waals surface area contributed by atoms with Crippen LogP contribution in [0.5, 0.6) is 5.75 Å². The number of nitro benzene ring substituents is 1. The average Bonchev–Trinajstić information content (AvgIpc) is 2.52. The summed E-state index contributed by atoms with van der Waals surface area (Å²) >= 11 is 9.46. The van der Waals surface area contributed by atoms with Crippen molar-refractivity contribution in [1.82, 2.24) is 0 Å². The molecule has 0 saturated heterocycles. The van der Waals surface area contributed by atoms with Crippen LogP contribution < -0.4 is 4.74 Å². The Morgan fingerprint density at radius 3 is 2.74 bits per heavy atom. The highest BCUT2D eigenvalue weighted by atomic mass is 79.9. The number of nitrogens with zero attached hydrogens (tertiary/aromatic N) is 2. The van der Waals surface area contributed by atoms with E-state index < -0.39 is 4.92 Å². The summed E-state index contributed by atoms with van der Waals surface area (Å²) < 4.78 is 5.80. The van der Waals surface area contributed by atoms with E-state index in [1.165, 1.54) is 25.3 Å². The Morgan fingerprint density at radius 2 is 2.17 bits per heavy atom. The maximum atomic E-state index is 10.8. The zero-order valence-corrected chi connectivity index (χ0v) is 14.3. The Kier molecular flexibility index (Phi) is 5.37. The third-order valence-electron chi connectivity index (χ3n) is 3.02. The second-order valence-corrected chi connectivity index (χ2v) is 5.76. The van der Waals surface area contributed by atoms with Crippen molar-refractivity contribution in [3.8, 4) is 11.8 Å². The third kappa shape index (κ3) is 3.89. The molecule has 0 N–H and O–H groups in total. The minimum atomic E-state index is -0.501. The van der Waals surface area contributed by atoms with Crippen molar-refractivity contribution < 1.29 is 9.66 Å². The van der Waals surface area contributed by atoms with E-state index in [4.69, 9.17) is 16.3 Å². The second-order valence-electron chi connectivity index (χ2n) is 4.50. The molecule has 0 unspecified atom stereocenters. The van der Waals surface area contributed by atoms with Gasteiger partial charge in [-0.05, 0) is 45.3 Å². The lowest BCUT2D eigenvalue weighted by Crippen LogP contribution is -1.90. The number of hydrogen-bond donors (Lipinski definition) is 0. The molecule has 0 aliphatic carbocycles. The predicted octanol–water partition coefficient (Wildman–Crippen LogP) is 5.08. The normalized spacial score (nSPS) is 11.0. The summed E-state index contributed by atoms with van der Waals surface area (Å²) in [4.78, 5) is 10.3. The monoisotopic (exact) mass is 392 g/mol. The smallest absolute Gasteiger partial charge is 0.270 e. The molecule has 0 aromatic heterocycles. The quantitative estimate of drug-likeness (QED) is 0.314. The zero-order chi connectivity index (χ0) is 17.0. The van der Waals surface area contributed by atoms with Crippen molar-refractivity contribution in [2.45, 2.75) is 0 Å². The Hall–Kier alpha value is -2.36. The molecule has 0 aliphatic rings. The van der Waals surface area contributed by atoms with Gasteiger partial charge in [0.15, 0.2) is 5.75 Å². The van der Waals surface area contributed by atoms with Gasteiger partial charge < -0.3 is 4.74 Å². The summed E-state index contributed by atoms with van der Waals surface area (Å²) in [7, 11) is 1.51. The fourth-order valence-corrected chi connectivity index (χ4v) is 3.05. The molecule has 116 valence electrons. The molecule has 2 aromatic carbocycles. The molecule has 5 nitrogen and oxygen atoms in total. The molecule has 0 bridgehead atoms. The lowest BCUT2D eigenvalue weighted by atomic mass is 10.0. The van der Waals surface area contributed by atoms with E-state index in [0.717, 1.165) is 0 Å². The Labute approximate surface area is 146 Å². The highest BCUT2D eigenvalue weighted by molar-refractivity contribution is 9.10. The molecule has 0 spiro atoms. The van der Waals surface area contributed by atoms with Crippen molar-refractivity contribution in [2.75, 3.05) is 7.11 Å². The highest BCUT2D eigenvalue weighted by Gasteiger charge is 2.11. The summed E-state index contributed by atoms with van der Waals surface area (Å²) in [5.41, 5.74) is 1.36. The summed E-state index contributed by atoms with van der Waals surface area (Å²) in [5.74, 6) is 0.498. The number of hydrogen-bond acceptors (Lipinski definition) is 4.